The van der Waals surface area contributed by atoms with E-state index in [0.29, 0.717) is 84.5 Å². The fraction of sp³-hybridized carbons (Fsp3) is 0.280. The van der Waals surface area contributed by atoms with E-state index in [9.17, 15) is 8.42 Å². The van der Waals surface area contributed by atoms with Crippen LogP contribution in [0.2, 0.25) is 0 Å². The summed E-state index contributed by atoms with van der Waals surface area (Å²) in [4.78, 5) is 20.6. The highest BCUT2D eigenvalue weighted by Crippen LogP contribution is 2.31. The number of nitrogens with zero attached hydrogens (tertiary/aromatic N) is 5. The van der Waals surface area contributed by atoms with Crippen LogP contribution in [0.25, 0.3) is 33.7 Å². The summed E-state index contributed by atoms with van der Waals surface area (Å²) in [7, 11) is -2.66. The Hall–Kier alpha value is -3.74. The molecule has 0 bridgehead atoms. The molecule has 1 saturated heterocycles. The van der Waals surface area contributed by atoms with Crippen LogP contribution in [-0.2, 0) is 22.0 Å². The highest BCUT2D eigenvalue weighted by atomic mass is 32.2. The second-order valence-electron chi connectivity index (χ2n) is 8.55. The Morgan fingerprint density at radius 1 is 1.05 bits per heavy atom. The molecule has 3 N–H and O–H groups in total. The smallest absolute Gasteiger partial charge is 0.201 e. The van der Waals surface area contributed by atoms with Gasteiger partial charge < -0.3 is 15.4 Å². The minimum Gasteiger partial charge on any atom is -0.384 e. The number of benzene rings is 1. The molecule has 12 heteroatoms. The first-order valence-corrected chi connectivity index (χ1v) is 13.1. The monoisotopic (exact) mass is 523 g/mol. The van der Waals surface area contributed by atoms with E-state index in [-0.39, 0.29) is 12.4 Å². The van der Waals surface area contributed by atoms with Crippen LogP contribution in [0.5, 0.6) is 0 Å². The van der Waals surface area contributed by atoms with Gasteiger partial charge >= 0.3 is 0 Å². The number of anilines is 2. The third-order valence-electron chi connectivity index (χ3n) is 6.10. The molecule has 37 heavy (non-hydrogen) atoms. The maximum atomic E-state index is 15.5. The van der Waals surface area contributed by atoms with E-state index in [1.54, 1.807) is 36.5 Å². The number of thiol groups is 1. The van der Waals surface area contributed by atoms with Gasteiger partial charge in [-0.15, -0.1) is 0 Å². The summed E-state index contributed by atoms with van der Waals surface area (Å²) in [5, 5.41) is 0. The average Bonchev–Trinajstić information content (AvgIpc) is 2.92. The van der Waals surface area contributed by atoms with E-state index in [0.717, 1.165) is 5.56 Å². The van der Waals surface area contributed by atoms with Crippen LogP contribution in [0, 0.1) is 5.82 Å². The number of aryl methyl sites for hydroxylation is 1. The molecule has 0 saturated carbocycles. The lowest BCUT2D eigenvalue weighted by Gasteiger charge is -2.28. The van der Waals surface area contributed by atoms with Crippen molar-refractivity contribution < 1.29 is 17.5 Å². The first kappa shape index (κ1) is 24.9. The van der Waals surface area contributed by atoms with Crippen LogP contribution < -0.4 is 15.4 Å². The number of aromatic nitrogens is 4. The molecule has 0 spiro atoms. The predicted molar refractivity (Wildman–Crippen MR) is 140 cm³/mol. The fourth-order valence-corrected chi connectivity index (χ4v) is 4.57. The van der Waals surface area contributed by atoms with Gasteiger partial charge in [0, 0.05) is 37.0 Å². The van der Waals surface area contributed by atoms with E-state index in [1.165, 1.54) is 0 Å². The van der Waals surface area contributed by atoms with Crippen LogP contribution in [0.3, 0.4) is 0 Å². The maximum absolute atomic E-state index is 15.5. The molecule has 0 amide bonds. The van der Waals surface area contributed by atoms with Gasteiger partial charge in [-0.2, -0.15) is 0 Å². The van der Waals surface area contributed by atoms with Crippen LogP contribution in [0.1, 0.15) is 12.0 Å². The molecule has 5 rings (SSSR count). The van der Waals surface area contributed by atoms with Crippen molar-refractivity contribution in [1.29, 1.82) is 0 Å². The Bertz CT molecular complexity index is 1480. The number of hydrogen-bond acceptors (Lipinski definition) is 9. The SMILES string of the molecule is Nc1ccc(-c2nc(N3CCOCC3)c3nc(-c4cccc(CCCN[SH](=O)=O)c4F)ccc3n2)cn1. The van der Waals surface area contributed by atoms with Gasteiger partial charge in [0.1, 0.15) is 17.2 Å². The number of fused-ring (bicyclic) bond motifs is 1. The van der Waals surface area contributed by atoms with E-state index >= 15 is 4.39 Å². The van der Waals surface area contributed by atoms with Crippen LogP contribution >= 0.6 is 0 Å². The number of nitrogen functional groups attached to an aromatic ring is 1. The number of nitrogens with one attached hydrogen (secondary N) is 1. The van der Waals surface area contributed by atoms with Gasteiger partial charge in [0.15, 0.2) is 11.6 Å². The molecule has 0 unspecified atom stereocenters. The predicted octanol–water partition coefficient (Wildman–Crippen LogP) is 2.36. The number of ether oxygens (including phenoxy) is 1. The second kappa shape index (κ2) is 11.1. The van der Waals surface area contributed by atoms with E-state index in [2.05, 4.69) is 14.6 Å². The standard InChI is InChI=1S/C25H26FN7O3S/c26-22-16(4-2-10-29-37(34)35)3-1-5-18(22)19-7-8-20-23(30-19)25(33-11-13-36-14-12-33)32-24(31-20)17-6-9-21(27)28-15-17/h1,3,5-9,15,37H,2,4,10-14H2,(H2,27,28)(H,29,34,35). The normalized spacial score (nSPS) is 13.9. The number of morpholine rings is 1. The Kier molecular flexibility index (Phi) is 7.49. The highest BCUT2D eigenvalue weighted by Gasteiger charge is 2.21. The molecule has 10 nitrogen and oxygen atoms in total. The van der Waals surface area contributed by atoms with Crippen molar-refractivity contribution in [2.24, 2.45) is 0 Å². The van der Waals surface area contributed by atoms with Gasteiger partial charge in [0.05, 0.1) is 24.4 Å². The topological polar surface area (TPSA) is 136 Å². The second-order valence-corrected chi connectivity index (χ2v) is 9.38. The van der Waals surface area contributed by atoms with Crippen molar-refractivity contribution in [3.05, 3.63) is 60.0 Å². The molecule has 0 radical (unpaired) electrons. The Morgan fingerprint density at radius 3 is 2.65 bits per heavy atom. The Labute approximate surface area is 214 Å². The summed E-state index contributed by atoms with van der Waals surface area (Å²) in [6.45, 7) is 2.67. The van der Waals surface area contributed by atoms with E-state index in [1.807, 2.05) is 12.1 Å². The van der Waals surface area contributed by atoms with Gasteiger partial charge in [-0.05, 0) is 48.7 Å². The van der Waals surface area contributed by atoms with Gasteiger partial charge in [-0.25, -0.2) is 37.5 Å². The van der Waals surface area contributed by atoms with Crippen LogP contribution in [0.4, 0.5) is 16.0 Å². The molecular weight excluding hydrogens is 497 g/mol. The molecule has 0 aliphatic carbocycles. The third-order valence-corrected chi connectivity index (χ3v) is 6.58. The summed E-state index contributed by atoms with van der Waals surface area (Å²) in [6, 6.07) is 12.2. The van der Waals surface area contributed by atoms with Gasteiger partial charge in [0.2, 0.25) is 10.9 Å². The maximum Gasteiger partial charge on any atom is 0.201 e. The molecule has 4 heterocycles. The van der Waals surface area contributed by atoms with Crippen molar-refractivity contribution in [2.45, 2.75) is 12.8 Å². The van der Waals surface area contributed by atoms with Crippen LogP contribution in [-0.4, -0.2) is 61.2 Å². The number of pyridine rings is 2. The summed E-state index contributed by atoms with van der Waals surface area (Å²) < 4.78 is 44.7. The quantitative estimate of drug-likeness (QED) is 0.235. The van der Waals surface area contributed by atoms with E-state index < -0.39 is 10.9 Å². The third kappa shape index (κ3) is 5.66. The zero-order valence-corrected chi connectivity index (χ0v) is 20.8. The minimum absolute atomic E-state index is 0.253. The summed E-state index contributed by atoms with van der Waals surface area (Å²) in [6.07, 6.45) is 2.50. The van der Waals surface area contributed by atoms with Crippen LogP contribution in [0.15, 0.2) is 48.7 Å². The first-order chi connectivity index (χ1) is 18.0. The van der Waals surface area contributed by atoms with E-state index in [4.69, 9.17) is 25.4 Å². The van der Waals surface area contributed by atoms with Crippen molar-refractivity contribution in [1.82, 2.24) is 24.7 Å². The highest BCUT2D eigenvalue weighted by molar-refractivity contribution is 7.70. The molecule has 4 aromatic rings. The summed E-state index contributed by atoms with van der Waals surface area (Å²) >= 11 is 0. The minimum atomic E-state index is -2.66. The molecular formula is C25H26FN7O3S. The lowest BCUT2D eigenvalue weighted by Crippen LogP contribution is -2.37. The average molecular weight is 524 g/mol. The lowest BCUT2D eigenvalue weighted by molar-refractivity contribution is 0.122. The van der Waals surface area contributed by atoms with Crippen molar-refractivity contribution in [3.8, 4) is 22.6 Å². The number of nitrogens with two attached hydrogens (primary N) is 1. The molecule has 1 aromatic carbocycles. The largest absolute Gasteiger partial charge is 0.384 e. The molecule has 3 aromatic heterocycles. The summed E-state index contributed by atoms with van der Waals surface area (Å²) in [5.74, 6) is 1.18. The molecule has 0 atom stereocenters. The molecule has 1 fully saturated rings. The Balaban J connectivity index is 1.55. The molecule has 1 aliphatic heterocycles. The Morgan fingerprint density at radius 2 is 1.89 bits per heavy atom. The summed E-state index contributed by atoms with van der Waals surface area (Å²) in [5.41, 5.74) is 8.99. The zero-order valence-electron chi connectivity index (χ0n) is 19.9. The lowest BCUT2D eigenvalue weighted by atomic mass is 10.0. The van der Waals surface area contributed by atoms with Crippen molar-refractivity contribution >= 4 is 33.6 Å². The van der Waals surface area contributed by atoms with Gasteiger partial charge in [0.25, 0.3) is 0 Å². The first-order valence-electron chi connectivity index (χ1n) is 11.9. The van der Waals surface area contributed by atoms with Gasteiger partial charge in [-0.1, -0.05) is 12.1 Å². The van der Waals surface area contributed by atoms with Crippen molar-refractivity contribution in [2.75, 3.05) is 43.5 Å². The fourth-order valence-electron chi connectivity index (χ4n) is 4.23. The van der Waals surface area contributed by atoms with Crippen molar-refractivity contribution in [3.63, 3.8) is 0 Å². The zero-order chi connectivity index (χ0) is 25.8. The number of hydrogen-bond donors (Lipinski definition) is 3. The number of halogens is 1. The number of rotatable bonds is 8. The molecule has 1 aliphatic rings. The molecule has 192 valence electrons. The van der Waals surface area contributed by atoms with Gasteiger partial charge in [-0.3, -0.25) is 0 Å².